The molecule has 2 amide bonds. The van der Waals surface area contributed by atoms with Crippen LogP contribution in [0.25, 0.3) is 5.65 Å². The number of nitrogens with zero attached hydrogens (tertiary/aromatic N) is 5. The van der Waals surface area contributed by atoms with Gasteiger partial charge < -0.3 is 10.6 Å². The number of imidazole rings is 1. The summed E-state index contributed by atoms with van der Waals surface area (Å²) < 4.78 is 40.8. The summed E-state index contributed by atoms with van der Waals surface area (Å²) in [7, 11) is 0. The third-order valence-electron chi connectivity index (χ3n) is 4.03. The summed E-state index contributed by atoms with van der Waals surface area (Å²) in [6.07, 6.45) is -0.603. The highest BCUT2D eigenvalue weighted by atomic mass is 19.4. The number of hydrogen-bond acceptors (Lipinski definition) is 5. The van der Waals surface area contributed by atoms with Crippen molar-refractivity contribution in [1.29, 1.82) is 5.26 Å². The van der Waals surface area contributed by atoms with E-state index in [0.717, 1.165) is 17.5 Å². The molecule has 0 atom stereocenters. The van der Waals surface area contributed by atoms with E-state index in [-0.39, 0.29) is 11.6 Å². The molecule has 29 heavy (non-hydrogen) atoms. The molecule has 11 heteroatoms. The van der Waals surface area contributed by atoms with Gasteiger partial charge in [-0.3, -0.25) is 0 Å². The summed E-state index contributed by atoms with van der Waals surface area (Å²) >= 11 is 0. The lowest BCUT2D eigenvalue weighted by Gasteiger charge is -2.15. The third-order valence-corrected chi connectivity index (χ3v) is 4.03. The van der Waals surface area contributed by atoms with Crippen LogP contribution in [-0.4, -0.2) is 25.6 Å². The van der Waals surface area contributed by atoms with E-state index in [1.54, 1.807) is 10.7 Å². The first kappa shape index (κ1) is 20.1. The minimum atomic E-state index is -4.77. The molecule has 0 saturated carbocycles. The quantitative estimate of drug-likeness (QED) is 0.685. The van der Waals surface area contributed by atoms with Gasteiger partial charge in [0.05, 0.1) is 41.2 Å². The second kappa shape index (κ2) is 7.38. The maximum atomic E-state index is 13.1. The fraction of sp³-hybridized carbons (Fsp3) is 0.278. The van der Waals surface area contributed by atoms with Crippen LogP contribution >= 0.6 is 0 Å². The lowest BCUT2D eigenvalue weighted by molar-refractivity contribution is -0.138. The number of hydrogen-bond donors (Lipinski definition) is 2. The molecule has 3 heterocycles. The van der Waals surface area contributed by atoms with Gasteiger partial charge in [-0.2, -0.15) is 23.5 Å². The van der Waals surface area contributed by atoms with E-state index in [1.165, 1.54) is 12.3 Å². The largest absolute Gasteiger partial charge is 0.419 e. The molecule has 0 aliphatic rings. The molecule has 0 radical (unpaired) electrons. The van der Waals surface area contributed by atoms with Gasteiger partial charge in [0, 0.05) is 5.56 Å². The highest BCUT2D eigenvalue weighted by Crippen LogP contribution is 2.33. The number of carbonyl (C=O) groups is 1. The number of aryl methyl sites for hydroxylation is 1. The van der Waals surface area contributed by atoms with Crippen LogP contribution in [0.2, 0.25) is 0 Å². The van der Waals surface area contributed by atoms with Crippen molar-refractivity contribution in [2.75, 3.05) is 10.6 Å². The number of amides is 2. The zero-order valence-corrected chi connectivity index (χ0v) is 15.7. The fourth-order valence-corrected chi connectivity index (χ4v) is 2.86. The maximum Gasteiger partial charge on any atom is 0.419 e. The number of nitriles is 1. The SMILES string of the molecule is Cc1cn2ncc(NC(=O)Nc3cnc(C#N)c(C(F)(F)F)c3)c(C(C)C)c2n1. The number of nitrogens with one attached hydrogen (secondary N) is 2. The number of alkyl halides is 3. The molecule has 2 N–H and O–H groups in total. The van der Waals surface area contributed by atoms with Gasteiger partial charge >= 0.3 is 12.2 Å². The number of carbonyl (C=O) groups excluding carboxylic acids is 1. The fourth-order valence-electron chi connectivity index (χ4n) is 2.86. The first-order valence-electron chi connectivity index (χ1n) is 8.50. The van der Waals surface area contributed by atoms with E-state index in [2.05, 4.69) is 25.7 Å². The van der Waals surface area contributed by atoms with Gasteiger partial charge in [-0.05, 0) is 18.9 Å². The summed E-state index contributed by atoms with van der Waals surface area (Å²) in [5, 5.41) is 17.9. The van der Waals surface area contributed by atoms with E-state index in [0.29, 0.717) is 17.4 Å². The Kier molecular flexibility index (Phi) is 5.11. The van der Waals surface area contributed by atoms with Crippen LogP contribution in [-0.2, 0) is 6.18 Å². The zero-order chi connectivity index (χ0) is 21.3. The highest BCUT2D eigenvalue weighted by molar-refractivity contribution is 6.00. The summed E-state index contributed by atoms with van der Waals surface area (Å²) in [6, 6.07) is 1.27. The van der Waals surface area contributed by atoms with Crippen molar-refractivity contribution in [3.63, 3.8) is 0 Å². The number of pyridine rings is 1. The number of aromatic nitrogens is 4. The van der Waals surface area contributed by atoms with Crippen molar-refractivity contribution in [1.82, 2.24) is 19.6 Å². The van der Waals surface area contributed by atoms with E-state index in [1.807, 2.05) is 20.8 Å². The van der Waals surface area contributed by atoms with Crippen molar-refractivity contribution >= 4 is 23.1 Å². The number of urea groups is 1. The number of fused-ring (bicyclic) bond motifs is 1. The molecule has 0 spiro atoms. The molecule has 0 aromatic carbocycles. The highest BCUT2D eigenvalue weighted by Gasteiger charge is 2.35. The van der Waals surface area contributed by atoms with E-state index in [4.69, 9.17) is 5.26 Å². The molecule has 0 unspecified atom stereocenters. The summed E-state index contributed by atoms with van der Waals surface area (Å²) in [6.45, 7) is 5.65. The molecule has 0 fully saturated rings. The molecule has 0 bridgehead atoms. The second-order valence-corrected chi connectivity index (χ2v) is 6.59. The van der Waals surface area contributed by atoms with E-state index >= 15 is 0 Å². The van der Waals surface area contributed by atoms with Crippen molar-refractivity contribution < 1.29 is 18.0 Å². The molecule has 150 valence electrons. The molecular formula is C18H16F3N7O. The van der Waals surface area contributed by atoms with Crippen LogP contribution in [0.3, 0.4) is 0 Å². The van der Waals surface area contributed by atoms with Crippen LogP contribution in [0.15, 0.2) is 24.7 Å². The van der Waals surface area contributed by atoms with Gasteiger partial charge in [0.25, 0.3) is 0 Å². The normalized spacial score (nSPS) is 11.5. The maximum absolute atomic E-state index is 13.1. The Bertz CT molecular complexity index is 1130. The van der Waals surface area contributed by atoms with E-state index in [9.17, 15) is 18.0 Å². The molecule has 0 saturated heterocycles. The summed E-state index contributed by atoms with van der Waals surface area (Å²) in [4.78, 5) is 20.2. The Morgan fingerprint density at radius 3 is 2.62 bits per heavy atom. The van der Waals surface area contributed by atoms with Crippen molar-refractivity contribution in [2.24, 2.45) is 0 Å². The molecule has 0 aliphatic carbocycles. The van der Waals surface area contributed by atoms with Crippen LogP contribution in [0.1, 0.15) is 42.3 Å². The van der Waals surface area contributed by atoms with Crippen molar-refractivity contribution in [3.8, 4) is 6.07 Å². The molecule has 0 aliphatic heterocycles. The van der Waals surface area contributed by atoms with Gasteiger partial charge in [-0.25, -0.2) is 19.3 Å². The van der Waals surface area contributed by atoms with Crippen molar-refractivity contribution in [2.45, 2.75) is 32.9 Å². The minimum absolute atomic E-state index is 0.00832. The second-order valence-electron chi connectivity index (χ2n) is 6.59. The van der Waals surface area contributed by atoms with Crippen LogP contribution < -0.4 is 10.6 Å². The van der Waals surface area contributed by atoms with Gasteiger partial charge in [0.15, 0.2) is 11.3 Å². The van der Waals surface area contributed by atoms with Gasteiger partial charge in [0.2, 0.25) is 0 Å². The Morgan fingerprint density at radius 1 is 1.28 bits per heavy atom. The van der Waals surface area contributed by atoms with Crippen LogP contribution in [0.5, 0.6) is 0 Å². The Labute approximate surface area is 163 Å². The first-order valence-corrected chi connectivity index (χ1v) is 8.50. The summed E-state index contributed by atoms with van der Waals surface area (Å²) in [5.41, 5.74) is 0.251. The number of halogens is 3. The average Bonchev–Trinajstić information content (AvgIpc) is 3.00. The van der Waals surface area contributed by atoms with Gasteiger partial charge in [-0.1, -0.05) is 13.8 Å². The molecule has 3 aromatic rings. The standard InChI is InChI=1S/C18H16F3N7O/c1-9(2)15-14(7-24-28-8-10(3)25-16(15)28)27-17(29)26-11-4-12(18(19,20)21)13(5-22)23-6-11/h4,6-9H,1-3H3,(H2,26,27,29). The van der Waals surface area contributed by atoms with Gasteiger partial charge in [-0.15, -0.1) is 0 Å². The third kappa shape index (κ3) is 4.11. The lowest BCUT2D eigenvalue weighted by atomic mass is 10.0. The molecular weight excluding hydrogens is 387 g/mol. The number of anilines is 2. The van der Waals surface area contributed by atoms with Gasteiger partial charge in [0.1, 0.15) is 6.07 Å². The van der Waals surface area contributed by atoms with Crippen LogP contribution in [0, 0.1) is 18.3 Å². The Balaban J connectivity index is 1.89. The lowest BCUT2D eigenvalue weighted by Crippen LogP contribution is -2.22. The summed E-state index contributed by atoms with van der Waals surface area (Å²) in [5.74, 6) is -0.00832. The average molecular weight is 403 g/mol. The predicted octanol–water partition coefficient (Wildman–Crippen LogP) is 4.09. The van der Waals surface area contributed by atoms with Crippen LogP contribution in [0.4, 0.5) is 29.3 Å². The van der Waals surface area contributed by atoms with Crippen molar-refractivity contribution in [3.05, 3.63) is 47.2 Å². The monoisotopic (exact) mass is 403 g/mol. The van der Waals surface area contributed by atoms with E-state index < -0.39 is 23.5 Å². The molecule has 3 rings (SSSR count). The Morgan fingerprint density at radius 2 is 2.00 bits per heavy atom. The zero-order valence-electron chi connectivity index (χ0n) is 15.7. The number of rotatable bonds is 3. The first-order chi connectivity index (χ1) is 13.6. The minimum Gasteiger partial charge on any atom is -0.306 e. The molecule has 3 aromatic heterocycles. The smallest absolute Gasteiger partial charge is 0.306 e. The topological polar surface area (TPSA) is 108 Å². The Hall–Kier alpha value is -3.68. The molecule has 8 nitrogen and oxygen atoms in total. The predicted molar refractivity (Wildman–Crippen MR) is 98.4 cm³/mol.